The lowest BCUT2D eigenvalue weighted by atomic mass is 9.96. The monoisotopic (exact) mass is 219 g/mol. The van der Waals surface area contributed by atoms with Gasteiger partial charge in [0.1, 0.15) is 0 Å². The Morgan fingerprint density at radius 1 is 1.50 bits per heavy atom. The highest BCUT2D eigenvalue weighted by atomic mass is 16.5. The maximum Gasteiger partial charge on any atom is 0.316 e. The summed E-state index contributed by atoms with van der Waals surface area (Å²) in [6.45, 7) is 6.99. The molecule has 0 saturated carbocycles. The number of nitrogens with zero attached hydrogens (tertiary/aromatic N) is 3. The molecule has 0 N–H and O–H groups in total. The topological polar surface area (TPSA) is 38.2 Å². The van der Waals surface area contributed by atoms with E-state index in [0.29, 0.717) is 6.01 Å². The smallest absolute Gasteiger partial charge is 0.316 e. The fourth-order valence-corrected chi connectivity index (χ4v) is 1.98. The molecule has 1 aromatic rings. The van der Waals surface area contributed by atoms with E-state index < -0.39 is 0 Å². The first-order chi connectivity index (χ1) is 7.81. The van der Waals surface area contributed by atoms with Crippen molar-refractivity contribution in [1.29, 1.82) is 0 Å². The van der Waals surface area contributed by atoms with E-state index in [0.717, 1.165) is 37.5 Å². The van der Waals surface area contributed by atoms with E-state index in [1.165, 1.54) is 0 Å². The van der Waals surface area contributed by atoms with Crippen molar-refractivity contribution in [3.05, 3.63) is 30.6 Å². The molecule has 0 amide bonds. The molecule has 0 aliphatic carbocycles. The van der Waals surface area contributed by atoms with Crippen LogP contribution in [0.1, 0.15) is 12.0 Å². The quantitative estimate of drug-likeness (QED) is 0.703. The van der Waals surface area contributed by atoms with Gasteiger partial charge in [0.25, 0.3) is 0 Å². The zero-order valence-electron chi connectivity index (χ0n) is 9.59. The molecule has 4 heteroatoms. The minimum atomic E-state index is 0.428. The van der Waals surface area contributed by atoms with Crippen molar-refractivity contribution in [1.82, 2.24) is 14.9 Å². The third kappa shape index (κ3) is 2.58. The third-order valence-electron chi connectivity index (χ3n) is 2.80. The van der Waals surface area contributed by atoms with Crippen LogP contribution in [-0.2, 0) is 6.54 Å². The summed E-state index contributed by atoms with van der Waals surface area (Å²) in [6.07, 6.45) is 6.77. The first-order valence-corrected chi connectivity index (χ1v) is 5.50. The van der Waals surface area contributed by atoms with Gasteiger partial charge in [0.15, 0.2) is 0 Å². The molecule has 0 atom stereocenters. The van der Waals surface area contributed by atoms with Gasteiger partial charge in [-0.25, -0.2) is 9.97 Å². The highest BCUT2D eigenvalue weighted by Crippen LogP contribution is 2.21. The first-order valence-electron chi connectivity index (χ1n) is 5.50. The van der Waals surface area contributed by atoms with Gasteiger partial charge in [0.2, 0.25) is 0 Å². The Hall–Kier alpha value is -1.42. The van der Waals surface area contributed by atoms with Gasteiger partial charge in [-0.3, -0.25) is 4.90 Å². The standard InChI is InChI=1S/C12H17N3O/c1-3-4-10-7-15(8-10)9-11-5-13-12(16-2)14-6-11/h3,5-6,10H,1,4,7-9H2,2H3. The summed E-state index contributed by atoms with van der Waals surface area (Å²) in [5.41, 5.74) is 1.14. The van der Waals surface area contributed by atoms with Crippen LogP contribution in [-0.4, -0.2) is 35.1 Å². The van der Waals surface area contributed by atoms with Crippen LogP contribution >= 0.6 is 0 Å². The lowest BCUT2D eigenvalue weighted by Gasteiger charge is -2.38. The second kappa shape index (κ2) is 5.07. The van der Waals surface area contributed by atoms with Crippen molar-refractivity contribution >= 4 is 0 Å². The summed E-state index contributed by atoms with van der Waals surface area (Å²) < 4.78 is 4.92. The van der Waals surface area contributed by atoms with Crippen molar-refractivity contribution in [2.75, 3.05) is 20.2 Å². The molecule has 0 bridgehead atoms. The Morgan fingerprint density at radius 2 is 2.19 bits per heavy atom. The molecule has 0 spiro atoms. The zero-order valence-corrected chi connectivity index (χ0v) is 9.59. The Kier molecular flexibility index (Phi) is 3.51. The van der Waals surface area contributed by atoms with Crippen molar-refractivity contribution < 1.29 is 4.74 Å². The molecule has 2 heterocycles. The summed E-state index contributed by atoms with van der Waals surface area (Å²) in [5, 5.41) is 0. The fraction of sp³-hybridized carbons (Fsp3) is 0.500. The minimum Gasteiger partial charge on any atom is -0.467 e. The summed E-state index contributed by atoms with van der Waals surface area (Å²) in [5.74, 6) is 0.789. The largest absolute Gasteiger partial charge is 0.467 e. The average molecular weight is 219 g/mol. The molecule has 86 valence electrons. The van der Waals surface area contributed by atoms with Gasteiger partial charge in [0, 0.05) is 37.6 Å². The zero-order chi connectivity index (χ0) is 11.4. The van der Waals surface area contributed by atoms with E-state index in [4.69, 9.17) is 4.74 Å². The van der Waals surface area contributed by atoms with E-state index in [1.54, 1.807) is 7.11 Å². The van der Waals surface area contributed by atoms with E-state index in [9.17, 15) is 0 Å². The molecule has 0 unspecified atom stereocenters. The predicted molar refractivity (Wildman–Crippen MR) is 62.2 cm³/mol. The Balaban J connectivity index is 1.80. The highest BCUT2D eigenvalue weighted by molar-refractivity contribution is 5.08. The number of hydrogen-bond donors (Lipinski definition) is 0. The minimum absolute atomic E-state index is 0.428. The van der Waals surface area contributed by atoms with Gasteiger partial charge < -0.3 is 4.74 Å². The van der Waals surface area contributed by atoms with Crippen LogP contribution in [0, 0.1) is 5.92 Å². The number of ether oxygens (including phenoxy) is 1. The lowest BCUT2D eigenvalue weighted by molar-refractivity contribution is 0.0941. The number of methoxy groups -OCH3 is 1. The van der Waals surface area contributed by atoms with E-state index in [1.807, 2.05) is 18.5 Å². The van der Waals surface area contributed by atoms with Gasteiger partial charge >= 0.3 is 6.01 Å². The van der Waals surface area contributed by atoms with Crippen LogP contribution < -0.4 is 4.74 Å². The van der Waals surface area contributed by atoms with Crippen LogP contribution in [0.15, 0.2) is 25.0 Å². The van der Waals surface area contributed by atoms with Crippen LogP contribution in [0.4, 0.5) is 0 Å². The Morgan fingerprint density at radius 3 is 2.75 bits per heavy atom. The predicted octanol–water partition coefficient (Wildman–Crippen LogP) is 1.49. The van der Waals surface area contributed by atoms with E-state index >= 15 is 0 Å². The molecular formula is C12H17N3O. The molecule has 1 aliphatic heterocycles. The summed E-state index contributed by atoms with van der Waals surface area (Å²) in [6, 6.07) is 0.428. The highest BCUT2D eigenvalue weighted by Gasteiger charge is 2.25. The molecule has 4 nitrogen and oxygen atoms in total. The number of aromatic nitrogens is 2. The van der Waals surface area contributed by atoms with Crippen molar-refractivity contribution in [2.24, 2.45) is 5.92 Å². The van der Waals surface area contributed by atoms with E-state index in [2.05, 4.69) is 21.4 Å². The summed E-state index contributed by atoms with van der Waals surface area (Å²) in [4.78, 5) is 10.6. The van der Waals surface area contributed by atoms with Crippen molar-refractivity contribution in [2.45, 2.75) is 13.0 Å². The average Bonchev–Trinajstić information content (AvgIpc) is 2.27. The van der Waals surface area contributed by atoms with Crippen LogP contribution in [0.5, 0.6) is 6.01 Å². The van der Waals surface area contributed by atoms with Crippen molar-refractivity contribution in [3.8, 4) is 6.01 Å². The molecule has 1 saturated heterocycles. The molecule has 1 aromatic heterocycles. The van der Waals surface area contributed by atoms with Gasteiger partial charge in [-0.1, -0.05) is 6.08 Å². The normalized spacial score (nSPS) is 16.8. The van der Waals surface area contributed by atoms with Gasteiger partial charge in [-0.05, 0) is 12.3 Å². The number of hydrogen-bond acceptors (Lipinski definition) is 4. The number of rotatable bonds is 5. The first kappa shape index (κ1) is 11.1. The Labute approximate surface area is 96.0 Å². The van der Waals surface area contributed by atoms with Gasteiger partial charge in [-0.15, -0.1) is 6.58 Å². The fourth-order valence-electron chi connectivity index (χ4n) is 1.98. The van der Waals surface area contributed by atoms with Gasteiger partial charge in [-0.2, -0.15) is 0 Å². The van der Waals surface area contributed by atoms with Crippen molar-refractivity contribution in [3.63, 3.8) is 0 Å². The summed E-state index contributed by atoms with van der Waals surface area (Å²) in [7, 11) is 1.57. The van der Waals surface area contributed by atoms with Gasteiger partial charge in [0.05, 0.1) is 7.11 Å². The van der Waals surface area contributed by atoms with Crippen LogP contribution in [0.25, 0.3) is 0 Å². The second-order valence-corrected chi connectivity index (χ2v) is 4.16. The molecule has 1 fully saturated rings. The second-order valence-electron chi connectivity index (χ2n) is 4.16. The lowest BCUT2D eigenvalue weighted by Crippen LogP contribution is -2.45. The van der Waals surface area contributed by atoms with Crippen LogP contribution in [0.3, 0.4) is 0 Å². The summed E-state index contributed by atoms with van der Waals surface area (Å²) >= 11 is 0. The number of allylic oxidation sites excluding steroid dienone is 1. The molecule has 16 heavy (non-hydrogen) atoms. The molecule has 2 rings (SSSR count). The van der Waals surface area contributed by atoms with Crippen LogP contribution in [0.2, 0.25) is 0 Å². The third-order valence-corrected chi connectivity index (χ3v) is 2.80. The molecule has 0 radical (unpaired) electrons. The molecule has 1 aliphatic rings. The molecule has 0 aromatic carbocycles. The molecular weight excluding hydrogens is 202 g/mol. The maximum atomic E-state index is 4.92. The number of likely N-dealkylation sites (tertiary alicyclic amines) is 1. The SMILES string of the molecule is C=CCC1CN(Cc2cnc(OC)nc2)C1. The van der Waals surface area contributed by atoms with E-state index in [-0.39, 0.29) is 0 Å². The Bertz CT molecular complexity index is 344. The maximum absolute atomic E-state index is 4.92.